The number of phenolic OH excluding ortho intramolecular Hbond substituents is 2. The van der Waals surface area contributed by atoms with Gasteiger partial charge in [0.1, 0.15) is 0 Å². The molecule has 0 unspecified atom stereocenters. The van der Waals surface area contributed by atoms with E-state index in [1.807, 2.05) is 0 Å². The van der Waals surface area contributed by atoms with Crippen LogP contribution in [0.2, 0.25) is 0 Å². The number of hydrogen-bond donors (Lipinski definition) is 2. The fourth-order valence-electron chi connectivity index (χ4n) is 0.892. The number of hydrogen-bond acceptors (Lipinski definition) is 4. The molecule has 0 amide bonds. The van der Waals surface area contributed by atoms with Crippen molar-refractivity contribution in [3.05, 3.63) is 23.8 Å². The van der Waals surface area contributed by atoms with Crippen LogP contribution in [0.15, 0.2) is 18.2 Å². The van der Waals surface area contributed by atoms with E-state index in [4.69, 9.17) is 10.2 Å². The second-order valence-corrected chi connectivity index (χ2v) is 2.67. The second kappa shape index (κ2) is 4.91. The summed E-state index contributed by atoms with van der Waals surface area (Å²) in [4.78, 5) is 10.9. The lowest BCUT2D eigenvalue weighted by atomic mass is 10.2. The van der Waals surface area contributed by atoms with Gasteiger partial charge in [-0.05, 0) is 25.1 Å². The molecule has 15 heavy (non-hydrogen) atoms. The molecular weight excluding hydrogens is 196 g/mol. The van der Waals surface area contributed by atoms with E-state index in [2.05, 4.69) is 16.6 Å². The summed E-state index contributed by atoms with van der Waals surface area (Å²) in [5.41, 5.74) is 0.429. The number of carbonyl (C=O) groups excluding carboxylic acids is 1. The normalized spacial score (nSPS) is 8.87. The first-order valence-electron chi connectivity index (χ1n) is 4.34. The average molecular weight is 206 g/mol. The van der Waals surface area contributed by atoms with Crippen LogP contribution in [-0.4, -0.2) is 22.8 Å². The van der Waals surface area contributed by atoms with E-state index in [1.165, 1.54) is 18.2 Å². The molecule has 0 radical (unpaired) electrons. The molecule has 0 atom stereocenters. The molecule has 0 saturated carbocycles. The highest BCUT2D eigenvalue weighted by atomic mass is 16.5. The first-order valence-corrected chi connectivity index (χ1v) is 4.34. The highest BCUT2D eigenvalue weighted by Gasteiger charge is 1.98. The summed E-state index contributed by atoms with van der Waals surface area (Å²) in [6, 6.07) is 4.05. The van der Waals surface area contributed by atoms with Crippen LogP contribution in [0.5, 0.6) is 11.5 Å². The van der Waals surface area contributed by atoms with Crippen LogP contribution in [0.4, 0.5) is 0 Å². The van der Waals surface area contributed by atoms with Crippen molar-refractivity contribution in [2.75, 3.05) is 6.61 Å². The molecule has 0 fully saturated rings. The Bertz CT molecular complexity index is 426. The summed E-state index contributed by atoms with van der Waals surface area (Å²) in [5.74, 6) is 3.63. The summed E-state index contributed by atoms with van der Waals surface area (Å²) >= 11 is 0. The van der Waals surface area contributed by atoms with Gasteiger partial charge in [-0.25, -0.2) is 4.79 Å². The van der Waals surface area contributed by atoms with Gasteiger partial charge in [0, 0.05) is 11.5 Å². The minimum atomic E-state index is -0.620. The summed E-state index contributed by atoms with van der Waals surface area (Å²) in [6.45, 7) is 1.96. The first kappa shape index (κ1) is 10.9. The maximum Gasteiger partial charge on any atom is 0.384 e. The number of carbonyl (C=O) groups is 1. The SMILES string of the molecule is CCOC(=O)C#Cc1ccc(O)c(O)c1. The van der Waals surface area contributed by atoms with Gasteiger partial charge in [0.25, 0.3) is 0 Å². The van der Waals surface area contributed by atoms with Crippen molar-refractivity contribution >= 4 is 5.97 Å². The lowest BCUT2D eigenvalue weighted by Gasteiger charge is -1.96. The lowest BCUT2D eigenvalue weighted by molar-refractivity contribution is -0.136. The Morgan fingerprint density at radius 1 is 1.40 bits per heavy atom. The standard InChI is InChI=1S/C11H10O4/c1-2-15-11(14)6-4-8-3-5-9(12)10(13)7-8/h3,5,7,12-13H,2H2,1H3. The van der Waals surface area contributed by atoms with Crippen molar-refractivity contribution < 1.29 is 19.7 Å². The Labute approximate surface area is 87.1 Å². The zero-order valence-electron chi connectivity index (χ0n) is 8.15. The van der Waals surface area contributed by atoms with Crippen LogP contribution in [0.1, 0.15) is 12.5 Å². The number of ether oxygens (including phenoxy) is 1. The van der Waals surface area contributed by atoms with Crippen LogP contribution in [0.25, 0.3) is 0 Å². The monoisotopic (exact) mass is 206 g/mol. The van der Waals surface area contributed by atoms with Crippen molar-refractivity contribution in [3.63, 3.8) is 0 Å². The van der Waals surface area contributed by atoms with Crippen LogP contribution in [0.3, 0.4) is 0 Å². The summed E-state index contributed by atoms with van der Waals surface area (Å²) < 4.78 is 4.59. The molecule has 0 aliphatic heterocycles. The Kier molecular flexibility index (Phi) is 3.58. The number of aromatic hydroxyl groups is 2. The van der Waals surface area contributed by atoms with E-state index in [1.54, 1.807) is 6.92 Å². The molecule has 2 N–H and O–H groups in total. The van der Waals surface area contributed by atoms with Crippen LogP contribution < -0.4 is 0 Å². The largest absolute Gasteiger partial charge is 0.504 e. The molecule has 0 aromatic heterocycles. The minimum absolute atomic E-state index is 0.225. The van der Waals surface area contributed by atoms with Crippen molar-refractivity contribution in [1.29, 1.82) is 0 Å². The first-order chi connectivity index (χ1) is 7.13. The molecule has 0 saturated heterocycles. The molecule has 0 aliphatic carbocycles. The van der Waals surface area contributed by atoms with E-state index in [9.17, 15) is 4.79 Å². The van der Waals surface area contributed by atoms with Crippen molar-refractivity contribution in [2.45, 2.75) is 6.92 Å². The van der Waals surface area contributed by atoms with E-state index >= 15 is 0 Å². The van der Waals surface area contributed by atoms with Crippen molar-refractivity contribution in [2.24, 2.45) is 0 Å². The maximum absolute atomic E-state index is 10.9. The summed E-state index contributed by atoms with van der Waals surface area (Å²) in [6.07, 6.45) is 0. The predicted octanol–water partition coefficient (Wildman–Crippen LogP) is 1.01. The lowest BCUT2D eigenvalue weighted by Crippen LogP contribution is -1.99. The van der Waals surface area contributed by atoms with Gasteiger partial charge in [-0.3, -0.25) is 0 Å². The molecule has 0 aliphatic rings. The summed E-state index contributed by atoms with van der Waals surface area (Å²) in [5, 5.41) is 18.2. The molecule has 1 aromatic carbocycles. The minimum Gasteiger partial charge on any atom is -0.504 e. The van der Waals surface area contributed by atoms with Gasteiger partial charge in [-0.2, -0.15) is 0 Å². The fourth-order valence-corrected chi connectivity index (χ4v) is 0.892. The van der Waals surface area contributed by atoms with Gasteiger partial charge in [-0.15, -0.1) is 0 Å². The van der Waals surface area contributed by atoms with Crippen LogP contribution in [0, 0.1) is 11.8 Å². The second-order valence-electron chi connectivity index (χ2n) is 2.67. The van der Waals surface area contributed by atoms with E-state index < -0.39 is 5.97 Å². The molecule has 1 rings (SSSR count). The Balaban J connectivity index is 2.80. The van der Waals surface area contributed by atoms with Gasteiger partial charge in [0.2, 0.25) is 0 Å². The topological polar surface area (TPSA) is 66.8 Å². The Hall–Kier alpha value is -2.15. The average Bonchev–Trinajstić information content (AvgIpc) is 2.20. The van der Waals surface area contributed by atoms with E-state index in [-0.39, 0.29) is 18.1 Å². The highest BCUT2D eigenvalue weighted by Crippen LogP contribution is 2.24. The Morgan fingerprint density at radius 2 is 2.13 bits per heavy atom. The molecular formula is C11H10O4. The quantitative estimate of drug-likeness (QED) is 0.409. The molecule has 4 nitrogen and oxygen atoms in total. The third-order valence-electron chi connectivity index (χ3n) is 1.56. The molecule has 78 valence electrons. The Morgan fingerprint density at radius 3 is 2.73 bits per heavy atom. The fraction of sp³-hybridized carbons (Fsp3) is 0.182. The molecule has 0 heterocycles. The van der Waals surface area contributed by atoms with Crippen molar-refractivity contribution in [3.8, 4) is 23.3 Å². The third kappa shape index (κ3) is 3.24. The van der Waals surface area contributed by atoms with Gasteiger partial charge in [0.05, 0.1) is 6.61 Å². The molecule has 0 spiro atoms. The zero-order chi connectivity index (χ0) is 11.3. The summed E-state index contributed by atoms with van der Waals surface area (Å²) in [7, 11) is 0. The van der Waals surface area contributed by atoms with E-state index in [0.717, 1.165) is 0 Å². The smallest absolute Gasteiger partial charge is 0.384 e. The number of esters is 1. The van der Waals surface area contributed by atoms with Crippen LogP contribution in [-0.2, 0) is 9.53 Å². The molecule has 1 aromatic rings. The van der Waals surface area contributed by atoms with Gasteiger partial charge < -0.3 is 14.9 Å². The van der Waals surface area contributed by atoms with Crippen molar-refractivity contribution in [1.82, 2.24) is 0 Å². The maximum atomic E-state index is 10.9. The zero-order valence-corrected chi connectivity index (χ0v) is 8.15. The number of benzene rings is 1. The predicted molar refractivity (Wildman–Crippen MR) is 53.3 cm³/mol. The van der Waals surface area contributed by atoms with Gasteiger partial charge >= 0.3 is 5.97 Å². The number of rotatable bonds is 1. The number of phenols is 2. The van der Waals surface area contributed by atoms with E-state index in [0.29, 0.717) is 5.56 Å². The van der Waals surface area contributed by atoms with Crippen LogP contribution >= 0.6 is 0 Å². The molecule has 0 bridgehead atoms. The van der Waals surface area contributed by atoms with Gasteiger partial charge in [0.15, 0.2) is 11.5 Å². The third-order valence-corrected chi connectivity index (χ3v) is 1.56. The highest BCUT2D eigenvalue weighted by molar-refractivity contribution is 5.89. The molecule has 4 heteroatoms. The van der Waals surface area contributed by atoms with Gasteiger partial charge in [-0.1, -0.05) is 5.92 Å².